The average Bonchev–Trinajstić information content (AvgIpc) is 3.81. The average molecular weight is 868 g/mol. The molecule has 2 nitrogen and oxygen atoms in total. The van der Waals surface area contributed by atoms with Crippen LogP contribution in [0.2, 0.25) is 0 Å². The summed E-state index contributed by atoms with van der Waals surface area (Å²) in [5, 5.41) is 2.25. The van der Waals surface area contributed by atoms with Crippen LogP contribution in [0.5, 0.6) is 0 Å². The normalized spacial score (nSPS) is 11.2. The molecule has 2 heteroatoms. The lowest BCUT2D eigenvalue weighted by Crippen LogP contribution is -2.11. The van der Waals surface area contributed by atoms with Gasteiger partial charge in [-0.25, -0.2) is 0 Å². The van der Waals surface area contributed by atoms with Gasteiger partial charge >= 0.3 is 0 Å². The third-order valence-electron chi connectivity index (χ3n) is 13.2. The van der Waals surface area contributed by atoms with Crippen molar-refractivity contribution in [2.75, 3.05) is 4.90 Å². The van der Waals surface area contributed by atoms with E-state index in [-0.39, 0.29) is 0 Å². The number of anilines is 3. The number of nitrogens with zero attached hydrogens (tertiary/aromatic N) is 1. The highest BCUT2D eigenvalue weighted by atomic mass is 16.3. The third-order valence-corrected chi connectivity index (χ3v) is 13.2. The van der Waals surface area contributed by atoms with E-state index >= 15 is 0 Å². The molecule has 0 bridgehead atoms. The molecule has 0 atom stereocenters. The molecule has 0 spiro atoms. The molecule has 11 aromatic carbocycles. The zero-order valence-electron chi connectivity index (χ0n) is 37.3. The van der Waals surface area contributed by atoms with Gasteiger partial charge in [0.25, 0.3) is 0 Å². The van der Waals surface area contributed by atoms with Crippen LogP contribution in [0, 0.1) is 0 Å². The van der Waals surface area contributed by atoms with Crippen molar-refractivity contribution in [2.24, 2.45) is 0 Å². The maximum Gasteiger partial charge on any atom is 0.143 e. The summed E-state index contributed by atoms with van der Waals surface area (Å²) < 4.78 is 6.49. The highest BCUT2D eigenvalue weighted by Gasteiger charge is 2.21. The van der Waals surface area contributed by atoms with Crippen molar-refractivity contribution in [3.05, 3.63) is 273 Å². The van der Waals surface area contributed by atoms with Gasteiger partial charge in [-0.15, -0.1) is 0 Å². The van der Waals surface area contributed by atoms with E-state index < -0.39 is 0 Å². The first kappa shape index (κ1) is 40.5. The van der Waals surface area contributed by atoms with Gasteiger partial charge < -0.3 is 9.32 Å². The summed E-state index contributed by atoms with van der Waals surface area (Å²) in [6.45, 7) is 0. The molecule has 1 aromatic heterocycles. The topological polar surface area (TPSA) is 16.4 Å². The quantitative estimate of drug-likeness (QED) is 0.136. The SMILES string of the molecule is c1ccc(-c2ccc(-c3ccccc3N(c3ccc(-c4cccc(-c5ccccc5)c4-c4ccccc4-c4ccccc4)cc3)c3ccc(-c4cccc5c4oc4ccccc45)cc3)cc2)cc1. The minimum atomic E-state index is 0.897. The second kappa shape index (κ2) is 17.8. The van der Waals surface area contributed by atoms with Gasteiger partial charge in [0.15, 0.2) is 0 Å². The minimum Gasteiger partial charge on any atom is -0.455 e. The standard InChI is InChI=1S/C66H45NO/c1-4-18-46(19-5-1)47-34-36-50(37-35-47)56-25-12-14-32-63(56)67(54-44-40-52(41-45-54)59-30-17-31-62-60-26-13-15-33-64(60)68-66(59)62)53-42-38-51(39-43-53)58-29-16-28-57(49-22-8-3-9-23-49)65(58)61-27-11-10-24-55(61)48-20-6-2-7-21-48/h1-45H. The molecule has 0 aliphatic carbocycles. The molecule has 0 saturated carbocycles. The predicted octanol–water partition coefficient (Wildman–Crippen LogP) is 18.7. The zero-order chi connectivity index (χ0) is 45.2. The molecule has 0 amide bonds. The summed E-state index contributed by atoms with van der Waals surface area (Å²) in [4.78, 5) is 2.39. The molecule has 0 fully saturated rings. The number of furan rings is 1. The maximum atomic E-state index is 6.49. The second-order valence-electron chi connectivity index (χ2n) is 17.2. The summed E-state index contributed by atoms with van der Waals surface area (Å²) in [6, 6.07) is 98.0. The molecule has 0 unspecified atom stereocenters. The Morgan fingerprint density at radius 3 is 1.26 bits per heavy atom. The Labute approximate surface area is 397 Å². The van der Waals surface area contributed by atoms with Crippen molar-refractivity contribution in [1.82, 2.24) is 0 Å². The Bertz CT molecular complexity index is 3690. The Hall–Kier alpha value is -8.98. The van der Waals surface area contributed by atoms with Crippen molar-refractivity contribution in [3.63, 3.8) is 0 Å². The molecule has 0 N–H and O–H groups in total. The zero-order valence-corrected chi connectivity index (χ0v) is 37.3. The van der Waals surface area contributed by atoms with E-state index in [0.717, 1.165) is 66.8 Å². The second-order valence-corrected chi connectivity index (χ2v) is 17.2. The molecular formula is C66H45NO. The third kappa shape index (κ3) is 7.54. The first-order valence-corrected chi connectivity index (χ1v) is 23.2. The van der Waals surface area contributed by atoms with E-state index in [2.05, 4.69) is 266 Å². The minimum absolute atomic E-state index is 0.897. The molecule has 0 radical (unpaired) electrons. The van der Waals surface area contributed by atoms with Crippen LogP contribution in [0.3, 0.4) is 0 Å². The van der Waals surface area contributed by atoms with Gasteiger partial charge in [-0.1, -0.05) is 237 Å². The molecule has 0 aliphatic heterocycles. The van der Waals surface area contributed by atoms with E-state index in [4.69, 9.17) is 4.42 Å². The molecule has 320 valence electrons. The number of fused-ring (bicyclic) bond motifs is 3. The lowest BCUT2D eigenvalue weighted by Gasteiger charge is -2.28. The number of rotatable bonds is 10. The van der Waals surface area contributed by atoms with E-state index in [1.807, 2.05) is 12.1 Å². The van der Waals surface area contributed by atoms with Gasteiger partial charge in [0.2, 0.25) is 0 Å². The van der Waals surface area contributed by atoms with Gasteiger partial charge in [-0.2, -0.15) is 0 Å². The van der Waals surface area contributed by atoms with Gasteiger partial charge in [0, 0.05) is 33.3 Å². The van der Waals surface area contributed by atoms with Crippen LogP contribution in [-0.4, -0.2) is 0 Å². The van der Waals surface area contributed by atoms with Crippen molar-refractivity contribution in [1.29, 1.82) is 0 Å². The number of para-hydroxylation sites is 3. The van der Waals surface area contributed by atoms with Crippen molar-refractivity contribution in [3.8, 4) is 77.9 Å². The number of hydrogen-bond donors (Lipinski definition) is 0. The fraction of sp³-hybridized carbons (Fsp3) is 0. The first-order valence-electron chi connectivity index (χ1n) is 23.2. The lowest BCUT2D eigenvalue weighted by atomic mass is 9.84. The summed E-state index contributed by atoms with van der Waals surface area (Å²) in [6.07, 6.45) is 0. The van der Waals surface area contributed by atoms with Crippen LogP contribution in [-0.2, 0) is 0 Å². The van der Waals surface area contributed by atoms with Crippen LogP contribution < -0.4 is 4.90 Å². The van der Waals surface area contributed by atoms with E-state index in [1.54, 1.807) is 0 Å². The highest BCUT2D eigenvalue weighted by Crippen LogP contribution is 2.46. The van der Waals surface area contributed by atoms with Gasteiger partial charge in [0.1, 0.15) is 11.2 Å². The Balaban J connectivity index is 0.995. The van der Waals surface area contributed by atoms with Crippen molar-refractivity contribution >= 4 is 39.0 Å². The van der Waals surface area contributed by atoms with Gasteiger partial charge in [0.05, 0.1) is 5.69 Å². The Morgan fingerprint density at radius 2 is 0.618 bits per heavy atom. The van der Waals surface area contributed by atoms with E-state index in [9.17, 15) is 0 Å². The number of benzene rings is 11. The fourth-order valence-corrected chi connectivity index (χ4v) is 9.88. The van der Waals surface area contributed by atoms with E-state index in [1.165, 1.54) is 50.1 Å². The van der Waals surface area contributed by atoms with Crippen molar-refractivity contribution < 1.29 is 4.42 Å². The summed E-state index contributed by atoms with van der Waals surface area (Å²) in [5.41, 5.74) is 21.3. The highest BCUT2D eigenvalue weighted by molar-refractivity contribution is 6.09. The largest absolute Gasteiger partial charge is 0.455 e. The Kier molecular flexibility index (Phi) is 10.6. The summed E-state index contributed by atoms with van der Waals surface area (Å²) in [7, 11) is 0. The van der Waals surface area contributed by atoms with Crippen LogP contribution in [0.1, 0.15) is 0 Å². The summed E-state index contributed by atoms with van der Waals surface area (Å²) in [5.74, 6) is 0. The van der Waals surface area contributed by atoms with Gasteiger partial charge in [-0.05, 0) is 103 Å². The monoisotopic (exact) mass is 867 g/mol. The van der Waals surface area contributed by atoms with Crippen molar-refractivity contribution in [2.45, 2.75) is 0 Å². The molecule has 12 aromatic rings. The maximum absolute atomic E-state index is 6.49. The number of hydrogen-bond acceptors (Lipinski definition) is 2. The van der Waals surface area contributed by atoms with Crippen LogP contribution >= 0.6 is 0 Å². The molecule has 0 saturated heterocycles. The predicted molar refractivity (Wildman–Crippen MR) is 286 cm³/mol. The molecule has 12 rings (SSSR count). The lowest BCUT2D eigenvalue weighted by molar-refractivity contribution is 0.670. The van der Waals surface area contributed by atoms with Crippen LogP contribution in [0.4, 0.5) is 17.1 Å². The van der Waals surface area contributed by atoms with Crippen LogP contribution in [0.25, 0.3) is 99.8 Å². The fourth-order valence-electron chi connectivity index (χ4n) is 9.88. The first-order chi connectivity index (χ1) is 33.7. The molecule has 0 aliphatic rings. The van der Waals surface area contributed by atoms with Gasteiger partial charge in [-0.3, -0.25) is 0 Å². The molecular weight excluding hydrogens is 823 g/mol. The van der Waals surface area contributed by atoms with E-state index in [0.29, 0.717) is 0 Å². The van der Waals surface area contributed by atoms with Crippen LogP contribution in [0.15, 0.2) is 277 Å². The molecule has 1 heterocycles. The smallest absolute Gasteiger partial charge is 0.143 e. The molecule has 68 heavy (non-hydrogen) atoms. The Morgan fingerprint density at radius 1 is 0.235 bits per heavy atom. The summed E-state index contributed by atoms with van der Waals surface area (Å²) >= 11 is 0.